The lowest BCUT2D eigenvalue weighted by molar-refractivity contribution is 0.0697. The minimum absolute atomic E-state index is 0.251. The first kappa shape index (κ1) is 15.3. The number of carbonyl (C=O) groups is 1. The number of para-hydroxylation sites is 1. The average Bonchev–Trinajstić information content (AvgIpc) is 2.45. The first-order valence-electron chi connectivity index (χ1n) is 6.97. The fourth-order valence-electron chi connectivity index (χ4n) is 2.43. The van der Waals surface area contributed by atoms with Crippen molar-refractivity contribution in [3.63, 3.8) is 0 Å². The van der Waals surface area contributed by atoms with E-state index in [-0.39, 0.29) is 5.56 Å². The molecule has 2 aromatic rings. The molecule has 0 saturated heterocycles. The van der Waals surface area contributed by atoms with Gasteiger partial charge >= 0.3 is 5.97 Å². The molecule has 1 aromatic carbocycles. The van der Waals surface area contributed by atoms with Crippen molar-refractivity contribution < 1.29 is 9.90 Å². The number of pyridine rings is 1. The van der Waals surface area contributed by atoms with E-state index in [1.807, 2.05) is 50.3 Å². The van der Waals surface area contributed by atoms with Crippen molar-refractivity contribution in [2.75, 3.05) is 39.1 Å². The Kier molecular flexibility index (Phi) is 4.75. The highest BCUT2D eigenvalue weighted by Crippen LogP contribution is 2.28. The molecule has 0 fully saturated rings. The summed E-state index contributed by atoms with van der Waals surface area (Å²) in [4.78, 5) is 19.8. The van der Waals surface area contributed by atoms with Crippen LogP contribution in [0.1, 0.15) is 16.8 Å². The molecule has 0 aliphatic heterocycles. The third-order valence-electron chi connectivity index (χ3n) is 3.46. The van der Waals surface area contributed by atoms with Gasteiger partial charge in [-0.1, -0.05) is 18.2 Å². The van der Waals surface area contributed by atoms with Crippen LogP contribution >= 0.6 is 0 Å². The maximum absolute atomic E-state index is 11.5. The SMILES string of the molecule is CN(C)CCCN(C)c1c(C(=O)O)cnc2ccccc12. The highest BCUT2D eigenvalue weighted by molar-refractivity contribution is 6.04. The van der Waals surface area contributed by atoms with Crippen LogP contribution in [0.15, 0.2) is 30.5 Å². The molecule has 1 aromatic heterocycles. The first-order chi connectivity index (χ1) is 10.0. The van der Waals surface area contributed by atoms with E-state index < -0.39 is 5.97 Å². The van der Waals surface area contributed by atoms with Crippen LogP contribution in [-0.2, 0) is 0 Å². The lowest BCUT2D eigenvalue weighted by Gasteiger charge is -2.23. The Morgan fingerprint density at radius 2 is 1.90 bits per heavy atom. The van der Waals surface area contributed by atoms with Crippen molar-refractivity contribution in [2.24, 2.45) is 0 Å². The molecule has 0 atom stereocenters. The van der Waals surface area contributed by atoms with E-state index in [0.717, 1.165) is 36.1 Å². The van der Waals surface area contributed by atoms with Crippen LogP contribution in [0.25, 0.3) is 10.9 Å². The number of rotatable bonds is 6. The molecule has 0 radical (unpaired) electrons. The van der Waals surface area contributed by atoms with E-state index >= 15 is 0 Å². The van der Waals surface area contributed by atoms with Crippen LogP contribution in [0, 0.1) is 0 Å². The van der Waals surface area contributed by atoms with E-state index in [2.05, 4.69) is 9.88 Å². The number of aromatic carboxylic acids is 1. The number of carboxylic acid groups (broad SMARTS) is 1. The van der Waals surface area contributed by atoms with Gasteiger partial charge in [0.1, 0.15) is 5.56 Å². The zero-order valence-electron chi connectivity index (χ0n) is 12.7. The van der Waals surface area contributed by atoms with Crippen molar-refractivity contribution in [2.45, 2.75) is 6.42 Å². The van der Waals surface area contributed by atoms with E-state index in [1.54, 1.807) is 0 Å². The second kappa shape index (κ2) is 6.54. The summed E-state index contributed by atoms with van der Waals surface area (Å²) in [6.07, 6.45) is 2.42. The third-order valence-corrected chi connectivity index (χ3v) is 3.46. The van der Waals surface area contributed by atoms with Gasteiger partial charge in [0.25, 0.3) is 0 Å². The topological polar surface area (TPSA) is 56.7 Å². The quantitative estimate of drug-likeness (QED) is 0.883. The molecular weight excluding hydrogens is 266 g/mol. The number of fused-ring (bicyclic) bond motifs is 1. The molecule has 5 heteroatoms. The molecule has 2 rings (SSSR count). The summed E-state index contributed by atoms with van der Waals surface area (Å²) in [5, 5.41) is 10.3. The summed E-state index contributed by atoms with van der Waals surface area (Å²) in [5.41, 5.74) is 1.81. The molecule has 112 valence electrons. The highest BCUT2D eigenvalue weighted by Gasteiger charge is 2.17. The van der Waals surface area contributed by atoms with Crippen molar-refractivity contribution >= 4 is 22.6 Å². The molecule has 0 aliphatic rings. The van der Waals surface area contributed by atoms with Gasteiger partial charge in [-0.3, -0.25) is 4.98 Å². The Hall–Kier alpha value is -2.14. The predicted molar refractivity (Wildman–Crippen MR) is 85.1 cm³/mol. The number of hydrogen-bond donors (Lipinski definition) is 1. The zero-order valence-corrected chi connectivity index (χ0v) is 12.7. The van der Waals surface area contributed by atoms with Gasteiger partial charge in [0.05, 0.1) is 11.2 Å². The summed E-state index contributed by atoms with van der Waals surface area (Å²) in [7, 11) is 6.00. The van der Waals surface area contributed by atoms with Crippen LogP contribution in [-0.4, -0.2) is 55.2 Å². The van der Waals surface area contributed by atoms with E-state index in [9.17, 15) is 9.90 Å². The molecule has 0 bridgehead atoms. The molecule has 0 spiro atoms. The first-order valence-corrected chi connectivity index (χ1v) is 6.97. The van der Waals surface area contributed by atoms with Gasteiger partial charge in [-0.2, -0.15) is 0 Å². The molecule has 1 N–H and O–H groups in total. The summed E-state index contributed by atoms with van der Waals surface area (Å²) in [6, 6.07) is 7.64. The van der Waals surface area contributed by atoms with Gasteiger partial charge in [0.2, 0.25) is 0 Å². The Labute approximate surface area is 124 Å². The number of benzene rings is 1. The molecular formula is C16H21N3O2. The largest absolute Gasteiger partial charge is 0.478 e. The van der Waals surface area contributed by atoms with Gasteiger partial charge in [-0.05, 0) is 33.1 Å². The van der Waals surface area contributed by atoms with Crippen molar-refractivity contribution in [3.05, 3.63) is 36.0 Å². The van der Waals surface area contributed by atoms with E-state index in [0.29, 0.717) is 0 Å². The molecule has 5 nitrogen and oxygen atoms in total. The lowest BCUT2D eigenvalue weighted by atomic mass is 10.1. The summed E-state index contributed by atoms with van der Waals surface area (Å²) in [6.45, 7) is 1.77. The number of carboxylic acids is 1. The molecule has 0 aliphatic carbocycles. The molecule has 0 amide bonds. The van der Waals surface area contributed by atoms with Gasteiger partial charge in [-0.25, -0.2) is 4.79 Å². The molecule has 0 saturated carbocycles. The number of anilines is 1. The third kappa shape index (κ3) is 3.49. The molecule has 0 unspecified atom stereocenters. The average molecular weight is 287 g/mol. The standard InChI is InChI=1S/C16H21N3O2/c1-18(2)9-6-10-19(3)15-12-7-4-5-8-14(12)17-11-13(15)16(20)21/h4-5,7-8,11H,6,9-10H2,1-3H3,(H,20,21). The zero-order chi connectivity index (χ0) is 15.4. The van der Waals surface area contributed by atoms with E-state index in [1.165, 1.54) is 6.20 Å². The number of hydrogen-bond acceptors (Lipinski definition) is 4. The lowest BCUT2D eigenvalue weighted by Crippen LogP contribution is -2.25. The van der Waals surface area contributed by atoms with Gasteiger partial charge in [0, 0.05) is 25.2 Å². The smallest absolute Gasteiger partial charge is 0.339 e. The molecule has 21 heavy (non-hydrogen) atoms. The van der Waals surface area contributed by atoms with Crippen molar-refractivity contribution in [1.29, 1.82) is 0 Å². The second-order valence-electron chi connectivity index (χ2n) is 5.42. The van der Waals surface area contributed by atoms with E-state index in [4.69, 9.17) is 0 Å². The predicted octanol–water partition coefficient (Wildman–Crippen LogP) is 2.32. The number of nitrogens with zero attached hydrogens (tertiary/aromatic N) is 3. The van der Waals surface area contributed by atoms with Crippen molar-refractivity contribution in [3.8, 4) is 0 Å². The Morgan fingerprint density at radius 3 is 2.57 bits per heavy atom. The monoisotopic (exact) mass is 287 g/mol. The van der Waals surface area contributed by atoms with Gasteiger partial charge in [0.15, 0.2) is 0 Å². The fourth-order valence-corrected chi connectivity index (χ4v) is 2.43. The van der Waals surface area contributed by atoms with Crippen LogP contribution in [0.5, 0.6) is 0 Å². The minimum Gasteiger partial charge on any atom is -0.478 e. The van der Waals surface area contributed by atoms with Gasteiger partial charge in [-0.15, -0.1) is 0 Å². The Morgan fingerprint density at radius 1 is 1.19 bits per heavy atom. The maximum atomic E-state index is 11.5. The Bertz CT molecular complexity index is 640. The van der Waals surface area contributed by atoms with Crippen LogP contribution in [0.2, 0.25) is 0 Å². The summed E-state index contributed by atoms with van der Waals surface area (Å²) in [5.74, 6) is -0.942. The number of aromatic nitrogens is 1. The van der Waals surface area contributed by atoms with Crippen LogP contribution in [0.3, 0.4) is 0 Å². The highest BCUT2D eigenvalue weighted by atomic mass is 16.4. The van der Waals surface area contributed by atoms with Gasteiger partial charge < -0.3 is 14.9 Å². The van der Waals surface area contributed by atoms with Crippen LogP contribution in [0.4, 0.5) is 5.69 Å². The Balaban J connectivity index is 2.39. The van der Waals surface area contributed by atoms with Crippen LogP contribution < -0.4 is 4.90 Å². The summed E-state index contributed by atoms with van der Waals surface area (Å²) < 4.78 is 0. The minimum atomic E-state index is -0.942. The second-order valence-corrected chi connectivity index (χ2v) is 5.42. The molecule has 1 heterocycles. The fraction of sp³-hybridized carbons (Fsp3) is 0.375. The summed E-state index contributed by atoms with van der Waals surface area (Å²) >= 11 is 0. The maximum Gasteiger partial charge on any atom is 0.339 e. The normalized spacial score (nSPS) is 11.0. The van der Waals surface area contributed by atoms with Crippen molar-refractivity contribution in [1.82, 2.24) is 9.88 Å².